The van der Waals surface area contributed by atoms with Crippen molar-refractivity contribution in [3.8, 4) is 11.4 Å². The van der Waals surface area contributed by atoms with Crippen LogP contribution < -0.4 is 5.69 Å². The highest BCUT2D eigenvalue weighted by molar-refractivity contribution is 5.99. The van der Waals surface area contributed by atoms with Crippen molar-refractivity contribution in [2.75, 3.05) is 0 Å². The van der Waals surface area contributed by atoms with E-state index in [1.54, 1.807) is 0 Å². The van der Waals surface area contributed by atoms with Gasteiger partial charge in [0.15, 0.2) is 17.3 Å². The van der Waals surface area contributed by atoms with Gasteiger partial charge in [-0.1, -0.05) is 66.2 Å². The lowest BCUT2D eigenvalue weighted by Crippen LogP contribution is -2.30. The number of ketones is 1. The number of para-hydroxylation sites is 1. The molecule has 5 aromatic rings. The van der Waals surface area contributed by atoms with E-state index in [1.165, 1.54) is 9.08 Å². The van der Waals surface area contributed by atoms with Crippen LogP contribution in [0.25, 0.3) is 27.9 Å². The zero-order valence-corrected chi connectivity index (χ0v) is 17.2. The van der Waals surface area contributed by atoms with Crippen LogP contribution in [0.15, 0.2) is 77.6 Å². The molecule has 0 aliphatic heterocycles. The highest BCUT2D eigenvalue weighted by Crippen LogP contribution is 2.21. The molecule has 0 fully saturated rings. The Bertz CT molecular complexity index is 1510. The second-order valence-electron chi connectivity index (χ2n) is 7.66. The van der Waals surface area contributed by atoms with Crippen molar-refractivity contribution in [2.45, 2.75) is 20.4 Å². The summed E-state index contributed by atoms with van der Waals surface area (Å²) in [6.07, 6.45) is 0. The van der Waals surface area contributed by atoms with Crippen molar-refractivity contribution in [3.63, 3.8) is 0 Å². The third kappa shape index (κ3) is 3.22. The second-order valence-corrected chi connectivity index (χ2v) is 7.66. The molecule has 0 atom stereocenters. The molecule has 0 saturated carbocycles. The van der Waals surface area contributed by atoms with Gasteiger partial charge in [-0.05, 0) is 31.5 Å². The molecule has 0 saturated heterocycles. The van der Waals surface area contributed by atoms with E-state index in [9.17, 15) is 9.59 Å². The fourth-order valence-corrected chi connectivity index (χ4v) is 3.95. The Morgan fingerprint density at radius 3 is 2.45 bits per heavy atom. The number of hydrogen-bond acceptors (Lipinski definition) is 4. The summed E-state index contributed by atoms with van der Waals surface area (Å²) >= 11 is 0. The molecule has 0 radical (unpaired) electrons. The normalized spacial score (nSPS) is 11.3. The van der Waals surface area contributed by atoms with E-state index in [4.69, 9.17) is 0 Å². The minimum absolute atomic E-state index is 0.0697. The van der Waals surface area contributed by atoms with E-state index in [1.807, 2.05) is 86.6 Å². The van der Waals surface area contributed by atoms with Gasteiger partial charge in [-0.15, -0.1) is 5.10 Å². The Labute approximate surface area is 178 Å². The summed E-state index contributed by atoms with van der Waals surface area (Å²) in [6.45, 7) is 3.83. The molecule has 0 aliphatic rings. The number of nitrogens with zero attached hydrogens (tertiary/aromatic N) is 4. The third-order valence-corrected chi connectivity index (χ3v) is 5.47. The van der Waals surface area contributed by atoms with Gasteiger partial charge >= 0.3 is 5.69 Å². The average Bonchev–Trinajstić information content (AvgIpc) is 3.23. The number of carbonyl (C=O) groups excluding carboxylic acids is 1. The molecule has 3 aromatic carbocycles. The van der Waals surface area contributed by atoms with Crippen LogP contribution in [-0.2, 0) is 6.54 Å². The summed E-state index contributed by atoms with van der Waals surface area (Å²) in [4.78, 5) is 31.1. The number of benzene rings is 3. The standard InChI is InChI=1S/C25H20N4O2/c1-16-12-13-19(17(2)14-16)22(30)15-28-21-11-7-6-10-20(21)24-26-23(27-29(24)25(28)31)18-8-4-3-5-9-18/h3-14H,15H2,1-2H3. The molecule has 6 heteroatoms. The zero-order chi connectivity index (χ0) is 21.5. The minimum atomic E-state index is -0.388. The number of carbonyl (C=O) groups is 1. The highest BCUT2D eigenvalue weighted by Gasteiger charge is 2.18. The number of aryl methyl sites for hydroxylation is 2. The van der Waals surface area contributed by atoms with Gasteiger partial charge in [-0.25, -0.2) is 9.78 Å². The molecule has 2 aromatic heterocycles. The maximum absolute atomic E-state index is 13.4. The summed E-state index contributed by atoms with van der Waals surface area (Å²) in [5.41, 5.74) is 4.18. The molecular formula is C25H20N4O2. The van der Waals surface area contributed by atoms with E-state index in [2.05, 4.69) is 10.1 Å². The van der Waals surface area contributed by atoms with Crippen LogP contribution in [0, 0.1) is 13.8 Å². The maximum atomic E-state index is 13.4. The number of Topliss-reactive ketones (excluding diaryl/α,β-unsaturated/α-hetero) is 1. The first-order valence-corrected chi connectivity index (χ1v) is 10.1. The largest absolute Gasteiger partial charge is 0.351 e. The lowest BCUT2D eigenvalue weighted by Gasteiger charge is -2.11. The molecule has 0 spiro atoms. The second kappa shape index (κ2) is 7.32. The zero-order valence-electron chi connectivity index (χ0n) is 17.2. The van der Waals surface area contributed by atoms with Crippen molar-refractivity contribution in [2.24, 2.45) is 0 Å². The molecule has 0 amide bonds. The first-order valence-electron chi connectivity index (χ1n) is 10.1. The van der Waals surface area contributed by atoms with Gasteiger partial charge in [0.1, 0.15) is 0 Å². The van der Waals surface area contributed by atoms with E-state index in [-0.39, 0.29) is 18.0 Å². The highest BCUT2D eigenvalue weighted by atomic mass is 16.2. The Morgan fingerprint density at radius 2 is 1.68 bits per heavy atom. The predicted octanol–water partition coefficient (Wildman–Crippen LogP) is 4.21. The van der Waals surface area contributed by atoms with Gasteiger partial charge in [0, 0.05) is 16.5 Å². The van der Waals surface area contributed by atoms with E-state index in [0.717, 1.165) is 22.1 Å². The van der Waals surface area contributed by atoms with Gasteiger partial charge in [-0.3, -0.25) is 9.36 Å². The van der Waals surface area contributed by atoms with Crippen LogP contribution in [0.4, 0.5) is 0 Å². The van der Waals surface area contributed by atoms with Crippen molar-refractivity contribution >= 4 is 22.3 Å². The summed E-state index contributed by atoms with van der Waals surface area (Å²) < 4.78 is 2.77. The van der Waals surface area contributed by atoms with Crippen molar-refractivity contribution in [1.82, 2.24) is 19.2 Å². The molecule has 152 valence electrons. The Morgan fingerprint density at radius 1 is 0.935 bits per heavy atom. The molecule has 0 aliphatic carbocycles. The lowest BCUT2D eigenvalue weighted by molar-refractivity contribution is 0.0971. The average molecular weight is 408 g/mol. The van der Waals surface area contributed by atoms with Crippen LogP contribution in [0.1, 0.15) is 21.5 Å². The number of rotatable bonds is 4. The van der Waals surface area contributed by atoms with Gasteiger partial charge in [0.05, 0.1) is 12.1 Å². The predicted molar refractivity (Wildman–Crippen MR) is 120 cm³/mol. The quantitative estimate of drug-likeness (QED) is 0.418. The molecule has 5 rings (SSSR count). The minimum Gasteiger partial charge on any atom is -0.292 e. The number of fused-ring (bicyclic) bond motifs is 3. The van der Waals surface area contributed by atoms with Gasteiger partial charge < -0.3 is 0 Å². The summed E-state index contributed by atoms with van der Waals surface area (Å²) in [5, 5.41) is 5.23. The van der Waals surface area contributed by atoms with E-state index >= 15 is 0 Å². The van der Waals surface area contributed by atoms with Crippen molar-refractivity contribution < 1.29 is 4.79 Å². The topological polar surface area (TPSA) is 69.3 Å². The van der Waals surface area contributed by atoms with Crippen molar-refractivity contribution in [3.05, 3.63) is 100.0 Å². The summed E-state index contributed by atoms with van der Waals surface area (Å²) in [5.74, 6) is 0.355. The Hall–Kier alpha value is -4.06. The van der Waals surface area contributed by atoms with Crippen LogP contribution in [0.5, 0.6) is 0 Å². The fourth-order valence-electron chi connectivity index (χ4n) is 3.95. The van der Waals surface area contributed by atoms with Crippen LogP contribution in [-0.4, -0.2) is 24.9 Å². The summed E-state index contributed by atoms with van der Waals surface area (Å²) in [7, 11) is 0. The van der Waals surface area contributed by atoms with Gasteiger partial charge in [-0.2, -0.15) is 4.52 Å². The van der Waals surface area contributed by atoms with Gasteiger partial charge in [0.2, 0.25) is 0 Å². The number of aromatic nitrogens is 4. The molecule has 0 unspecified atom stereocenters. The van der Waals surface area contributed by atoms with Crippen LogP contribution in [0.3, 0.4) is 0 Å². The molecule has 0 bridgehead atoms. The van der Waals surface area contributed by atoms with Crippen LogP contribution in [0.2, 0.25) is 0 Å². The maximum Gasteiger partial charge on any atom is 0.351 e. The SMILES string of the molecule is Cc1ccc(C(=O)Cn2c(=O)n3nc(-c4ccccc4)nc3c3ccccc32)c(C)c1. The summed E-state index contributed by atoms with van der Waals surface area (Å²) in [6, 6.07) is 22.7. The van der Waals surface area contributed by atoms with Gasteiger partial charge in [0.25, 0.3) is 0 Å². The lowest BCUT2D eigenvalue weighted by atomic mass is 10.0. The first kappa shape index (κ1) is 18.9. The molecule has 31 heavy (non-hydrogen) atoms. The van der Waals surface area contributed by atoms with Crippen molar-refractivity contribution in [1.29, 1.82) is 0 Å². The monoisotopic (exact) mass is 408 g/mol. The smallest absolute Gasteiger partial charge is 0.292 e. The van der Waals surface area contributed by atoms with E-state index < -0.39 is 0 Å². The molecular weight excluding hydrogens is 388 g/mol. The van der Waals surface area contributed by atoms with Crippen LogP contribution >= 0.6 is 0 Å². The molecule has 2 heterocycles. The Kier molecular flexibility index (Phi) is 4.47. The molecule has 6 nitrogen and oxygen atoms in total. The first-order chi connectivity index (χ1) is 15.0. The molecule has 0 N–H and O–H groups in total. The fraction of sp³-hybridized carbons (Fsp3) is 0.120. The third-order valence-electron chi connectivity index (χ3n) is 5.47. The number of hydrogen-bond donors (Lipinski definition) is 0. The Balaban J connectivity index is 1.70. The van der Waals surface area contributed by atoms with E-state index in [0.29, 0.717) is 22.6 Å².